The summed E-state index contributed by atoms with van der Waals surface area (Å²) in [5.74, 6) is 0.205. The van der Waals surface area contributed by atoms with Crippen LogP contribution in [0.4, 0.5) is 11.4 Å². The van der Waals surface area contributed by atoms with E-state index in [1.807, 2.05) is 13.8 Å². The van der Waals surface area contributed by atoms with Crippen molar-refractivity contribution >= 4 is 21.4 Å². The summed E-state index contributed by atoms with van der Waals surface area (Å²) < 4.78 is 23.1. The van der Waals surface area contributed by atoms with Crippen molar-refractivity contribution in [3.05, 3.63) is 17.7 Å². The fourth-order valence-corrected chi connectivity index (χ4v) is 3.24. The molecule has 0 saturated heterocycles. The van der Waals surface area contributed by atoms with Crippen LogP contribution in [0.15, 0.2) is 17.0 Å². The van der Waals surface area contributed by atoms with Crippen LogP contribution >= 0.6 is 0 Å². The minimum absolute atomic E-state index is 0.00187. The molecule has 0 bridgehead atoms. The van der Waals surface area contributed by atoms with Crippen molar-refractivity contribution in [1.82, 2.24) is 0 Å². The summed E-state index contributed by atoms with van der Waals surface area (Å²) in [5, 5.41) is 18.4. The van der Waals surface area contributed by atoms with Gasteiger partial charge >= 0.3 is 0 Å². The summed E-state index contributed by atoms with van der Waals surface area (Å²) in [6.45, 7) is 6.05. The zero-order chi connectivity index (χ0) is 16.2. The van der Waals surface area contributed by atoms with E-state index >= 15 is 0 Å². The van der Waals surface area contributed by atoms with Crippen molar-refractivity contribution < 1.29 is 13.5 Å². The molecule has 1 unspecified atom stereocenters. The van der Waals surface area contributed by atoms with Crippen molar-refractivity contribution in [2.24, 2.45) is 11.1 Å². The van der Waals surface area contributed by atoms with Gasteiger partial charge in [0.05, 0.1) is 11.0 Å². The molecule has 0 aliphatic rings. The van der Waals surface area contributed by atoms with Gasteiger partial charge in [0.15, 0.2) is 0 Å². The number of benzene rings is 1. The number of nitrogen functional groups attached to an aromatic ring is 1. The van der Waals surface area contributed by atoms with Crippen LogP contribution in [0, 0.1) is 12.8 Å². The Kier molecular flexibility index (Phi) is 6.00. The molecule has 1 aromatic carbocycles. The Balaban J connectivity index is 2.97. The molecule has 120 valence electrons. The van der Waals surface area contributed by atoms with Gasteiger partial charge < -0.3 is 16.2 Å². The van der Waals surface area contributed by atoms with Crippen molar-refractivity contribution in [2.75, 3.05) is 17.6 Å². The molecule has 0 radical (unpaired) electrons. The number of hydrogen-bond donors (Lipinski definition) is 4. The third kappa shape index (κ3) is 4.59. The van der Waals surface area contributed by atoms with Gasteiger partial charge in [0.2, 0.25) is 10.0 Å². The number of primary sulfonamides is 1. The molecule has 7 heteroatoms. The molecule has 21 heavy (non-hydrogen) atoms. The molecule has 1 aromatic rings. The van der Waals surface area contributed by atoms with E-state index in [1.165, 1.54) is 6.07 Å². The maximum atomic E-state index is 11.5. The summed E-state index contributed by atoms with van der Waals surface area (Å²) in [4.78, 5) is 0.00187. The second kappa shape index (κ2) is 7.11. The van der Waals surface area contributed by atoms with E-state index in [-0.39, 0.29) is 10.8 Å². The number of aliphatic hydroxyl groups excluding tert-OH is 1. The van der Waals surface area contributed by atoms with E-state index in [0.29, 0.717) is 23.5 Å². The van der Waals surface area contributed by atoms with E-state index in [9.17, 15) is 13.5 Å². The molecule has 0 aliphatic carbocycles. The molecule has 0 amide bonds. The van der Waals surface area contributed by atoms with Crippen LogP contribution in [0.1, 0.15) is 32.3 Å². The van der Waals surface area contributed by atoms with Gasteiger partial charge in [-0.2, -0.15) is 0 Å². The number of aliphatic hydroxyl groups is 1. The molecule has 0 saturated carbocycles. The topological polar surface area (TPSA) is 118 Å². The molecule has 0 heterocycles. The smallest absolute Gasteiger partial charge is 0.238 e. The zero-order valence-corrected chi connectivity index (χ0v) is 13.6. The molecule has 6 N–H and O–H groups in total. The molecule has 0 fully saturated rings. The number of anilines is 2. The van der Waals surface area contributed by atoms with Crippen LogP contribution in [0.2, 0.25) is 0 Å². The van der Waals surface area contributed by atoms with Crippen LogP contribution < -0.4 is 16.2 Å². The van der Waals surface area contributed by atoms with E-state index in [2.05, 4.69) is 5.32 Å². The molecule has 0 aliphatic heterocycles. The minimum Gasteiger partial charge on any atom is -0.399 e. The standard InChI is InChI=1S/C14H25N3O3S/c1-4-10(5-2)13(18)8-17-12-6-11(15)7-14(9(12)3)21(16,19)20/h6-7,10,13,17-18H,4-5,8,15H2,1-3H3,(H2,16,19,20). The van der Waals surface area contributed by atoms with E-state index in [0.717, 1.165) is 12.8 Å². The number of rotatable bonds is 7. The molecule has 6 nitrogen and oxygen atoms in total. The lowest BCUT2D eigenvalue weighted by Gasteiger charge is -2.22. The highest BCUT2D eigenvalue weighted by molar-refractivity contribution is 7.89. The SMILES string of the molecule is CCC(CC)C(O)CNc1cc(N)cc(S(N)(=O)=O)c1C. The van der Waals surface area contributed by atoms with Gasteiger partial charge in [0, 0.05) is 17.9 Å². The van der Waals surface area contributed by atoms with Crippen LogP contribution in [-0.2, 0) is 10.0 Å². The fraction of sp³-hybridized carbons (Fsp3) is 0.571. The van der Waals surface area contributed by atoms with E-state index < -0.39 is 16.1 Å². The lowest BCUT2D eigenvalue weighted by atomic mass is 9.96. The highest BCUT2D eigenvalue weighted by Gasteiger charge is 2.18. The first-order chi connectivity index (χ1) is 9.70. The molecule has 1 rings (SSSR count). The van der Waals surface area contributed by atoms with Crippen LogP contribution in [0.25, 0.3) is 0 Å². The lowest BCUT2D eigenvalue weighted by molar-refractivity contribution is 0.114. The number of nitrogens with one attached hydrogen (secondary N) is 1. The van der Waals surface area contributed by atoms with Gasteiger partial charge in [-0.15, -0.1) is 0 Å². The summed E-state index contributed by atoms with van der Waals surface area (Å²) >= 11 is 0. The van der Waals surface area contributed by atoms with Gasteiger partial charge in [0.1, 0.15) is 0 Å². The van der Waals surface area contributed by atoms with Crippen LogP contribution in [0.5, 0.6) is 0 Å². The first-order valence-electron chi connectivity index (χ1n) is 7.05. The Morgan fingerprint density at radius 2 is 1.86 bits per heavy atom. The van der Waals surface area contributed by atoms with Gasteiger partial charge in [0.25, 0.3) is 0 Å². The third-order valence-electron chi connectivity index (χ3n) is 3.78. The third-order valence-corrected chi connectivity index (χ3v) is 4.82. The Hall–Kier alpha value is -1.31. The number of sulfonamides is 1. The molecule has 0 spiro atoms. The Morgan fingerprint density at radius 3 is 2.33 bits per heavy atom. The highest BCUT2D eigenvalue weighted by Crippen LogP contribution is 2.26. The largest absolute Gasteiger partial charge is 0.399 e. The molecule has 0 aromatic heterocycles. The quantitative estimate of drug-likeness (QED) is 0.568. The second-order valence-corrected chi connectivity index (χ2v) is 6.79. The minimum atomic E-state index is -3.83. The van der Waals surface area contributed by atoms with Gasteiger partial charge in [-0.05, 0) is 30.5 Å². The summed E-state index contributed by atoms with van der Waals surface area (Å²) in [5.41, 5.74) is 7.11. The maximum Gasteiger partial charge on any atom is 0.238 e. The van der Waals surface area contributed by atoms with Gasteiger partial charge in [-0.3, -0.25) is 0 Å². The Morgan fingerprint density at radius 1 is 1.29 bits per heavy atom. The van der Waals surface area contributed by atoms with Crippen molar-refractivity contribution in [3.63, 3.8) is 0 Å². The summed E-state index contributed by atoms with van der Waals surface area (Å²) in [7, 11) is -3.83. The van der Waals surface area contributed by atoms with Gasteiger partial charge in [-0.25, -0.2) is 13.6 Å². The van der Waals surface area contributed by atoms with Crippen molar-refractivity contribution in [3.8, 4) is 0 Å². The van der Waals surface area contributed by atoms with Crippen LogP contribution in [0.3, 0.4) is 0 Å². The Labute approximate surface area is 126 Å². The molecular weight excluding hydrogens is 290 g/mol. The normalized spacial score (nSPS) is 13.4. The average Bonchev–Trinajstić information content (AvgIpc) is 2.39. The van der Waals surface area contributed by atoms with Crippen molar-refractivity contribution in [1.29, 1.82) is 0 Å². The first-order valence-corrected chi connectivity index (χ1v) is 8.60. The maximum absolute atomic E-state index is 11.5. The zero-order valence-electron chi connectivity index (χ0n) is 12.8. The average molecular weight is 315 g/mol. The highest BCUT2D eigenvalue weighted by atomic mass is 32.2. The van der Waals surface area contributed by atoms with E-state index in [4.69, 9.17) is 10.9 Å². The second-order valence-electron chi connectivity index (χ2n) is 5.26. The predicted molar refractivity (Wildman–Crippen MR) is 85.5 cm³/mol. The van der Waals surface area contributed by atoms with E-state index in [1.54, 1.807) is 13.0 Å². The number of hydrogen-bond acceptors (Lipinski definition) is 5. The van der Waals surface area contributed by atoms with Gasteiger partial charge in [-0.1, -0.05) is 26.7 Å². The van der Waals surface area contributed by atoms with Crippen LogP contribution in [-0.4, -0.2) is 26.2 Å². The lowest BCUT2D eigenvalue weighted by Crippen LogP contribution is -2.28. The summed E-state index contributed by atoms with van der Waals surface area (Å²) in [6, 6.07) is 2.98. The first kappa shape index (κ1) is 17.7. The molecule has 1 atom stereocenters. The monoisotopic (exact) mass is 315 g/mol. The molecular formula is C14H25N3O3S. The van der Waals surface area contributed by atoms with Crippen molar-refractivity contribution in [2.45, 2.75) is 44.6 Å². The number of nitrogens with two attached hydrogens (primary N) is 2. The fourth-order valence-electron chi connectivity index (χ4n) is 2.40. The summed E-state index contributed by atoms with van der Waals surface area (Å²) in [6.07, 6.45) is 1.27. The predicted octanol–water partition coefficient (Wildman–Crippen LogP) is 1.43. The Bertz CT molecular complexity index is 583.